The van der Waals surface area contributed by atoms with Crippen molar-refractivity contribution in [3.05, 3.63) is 41.5 Å². The third-order valence-corrected chi connectivity index (χ3v) is 4.77. The highest BCUT2D eigenvalue weighted by atomic mass is 32.2. The molecule has 122 valence electrons. The SMILES string of the molecule is CCOCC(CSc1cccc(C)c1C=O)N1C(=O)C=CC1=O. The van der Waals surface area contributed by atoms with Crippen molar-refractivity contribution in [2.75, 3.05) is 19.0 Å². The maximum absolute atomic E-state index is 11.9. The predicted molar refractivity (Wildman–Crippen MR) is 88.6 cm³/mol. The molecule has 2 amide bonds. The zero-order chi connectivity index (χ0) is 16.8. The monoisotopic (exact) mass is 333 g/mol. The van der Waals surface area contributed by atoms with Crippen LogP contribution >= 0.6 is 11.8 Å². The number of carbonyl (C=O) groups is 3. The minimum atomic E-state index is -0.366. The Bertz CT molecular complexity index is 623. The van der Waals surface area contributed by atoms with E-state index in [1.807, 2.05) is 32.0 Å². The molecule has 1 unspecified atom stereocenters. The van der Waals surface area contributed by atoms with Crippen molar-refractivity contribution in [3.8, 4) is 0 Å². The fraction of sp³-hybridized carbons (Fsp3) is 0.353. The molecule has 0 saturated heterocycles. The Labute approximate surface area is 139 Å². The Morgan fingerprint density at radius 1 is 1.26 bits per heavy atom. The summed E-state index contributed by atoms with van der Waals surface area (Å²) >= 11 is 1.45. The van der Waals surface area contributed by atoms with Crippen LogP contribution in [-0.4, -0.2) is 48.0 Å². The van der Waals surface area contributed by atoms with E-state index in [2.05, 4.69) is 0 Å². The topological polar surface area (TPSA) is 63.7 Å². The van der Waals surface area contributed by atoms with E-state index in [1.54, 1.807) is 0 Å². The zero-order valence-corrected chi connectivity index (χ0v) is 14.0. The maximum Gasteiger partial charge on any atom is 0.253 e. The first-order chi connectivity index (χ1) is 11.1. The molecule has 0 spiro atoms. The molecule has 6 heteroatoms. The minimum absolute atomic E-state index is 0.283. The van der Waals surface area contributed by atoms with Gasteiger partial charge in [0, 0.05) is 35.0 Å². The van der Waals surface area contributed by atoms with Gasteiger partial charge in [0.25, 0.3) is 11.8 Å². The summed E-state index contributed by atoms with van der Waals surface area (Å²) in [6.07, 6.45) is 3.38. The van der Waals surface area contributed by atoms with Gasteiger partial charge in [-0.25, -0.2) is 0 Å². The summed E-state index contributed by atoms with van der Waals surface area (Å²) in [7, 11) is 0. The van der Waals surface area contributed by atoms with Gasteiger partial charge in [0.05, 0.1) is 12.6 Å². The minimum Gasteiger partial charge on any atom is -0.380 e. The van der Waals surface area contributed by atoms with E-state index in [0.717, 1.165) is 16.7 Å². The summed E-state index contributed by atoms with van der Waals surface area (Å²) in [5.41, 5.74) is 1.55. The highest BCUT2D eigenvalue weighted by molar-refractivity contribution is 7.99. The van der Waals surface area contributed by atoms with Crippen LogP contribution < -0.4 is 0 Å². The quantitative estimate of drug-likeness (QED) is 0.415. The number of carbonyl (C=O) groups excluding carboxylic acids is 3. The van der Waals surface area contributed by atoms with Gasteiger partial charge in [-0.2, -0.15) is 0 Å². The van der Waals surface area contributed by atoms with Crippen LogP contribution in [0.25, 0.3) is 0 Å². The van der Waals surface area contributed by atoms with E-state index >= 15 is 0 Å². The molecule has 5 nitrogen and oxygen atoms in total. The summed E-state index contributed by atoms with van der Waals surface area (Å²) in [6.45, 7) is 4.53. The molecule has 1 aliphatic rings. The van der Waals surface area contributed by atoms with Crippen LogP contribution in [0.2, 0.25) is 0 Å². The fourth-order valence-electron chi connectivity index (χ4n) is 2.34. The lowest BCUT2D eigenvalue weighted by Crippen LogP contribution is -2.44. The molecule has 2 rings (SSSR count). The van der Waals surface area contributed by atoms with Crippen LogP contribution in [0.3, 0.4) is 0 Å². The highest BCUT2D eigenvalue weighted by Crippen LogP contribution is 2.26. The molecule has 0 fully saturated rings. The largest absolute Gasteiger partial charge is 0.380 e. The number of thioether (sulfide) groups is 1. The number of aryl methyl sites for hydroxylation is 1. The van der Waals surface area contributed by atoms with Gasteiger partial charge in [-0.3, -0.25) is 19.3 Å². The molecule has 1 heterocycles. The average molecular weight is 333 g/mol. The van der Waals surface area contributed by atoms with Gasteiger partial charge in [0.1, 0.15) is 0 Å². The number of benzene rings is 1. The first kappa shape index (κ1) is 17.4. The average Bonchev–Trinajstić information content (AvgIpc) is 2.87. The van der Waals surface area contributed by atoms with E-state index in [-0.39, 0.29) is 24.5 Å². The Morgan fingerprint density at radius 2 is 1.96 bits per heavy atom. The van der Waals surface area contributed by atoms with Crippen molar-refractivity contribution in [1.29, 1.82) is 0 Å². The van der Waals surface area contributed by atoms with Crippen molar-refractivity contribution in [1.82, 2.24) is 4.90 Å². The van der Waals surface area contributed by atoms with E-state index in [4.69, 9.17) is 4.74 Å². The van der Waals surface area contributed by atoms with Crippen LogP contribution in [0.1, 0.15) is 22.8 Å². The van der Waals surface area contributed by atoms with Gasteiger partial charge < -0.3 is 4.74 Å². The molecule has 1 atom stereocenters. The summed E-state index contributed by atoms with van der Waals surface area (Å²) in [5, 5.41) is 0. The van der Waals surface area contributed by atoms with Crippen molar-refractivity contribution >= 4 is 29.9 Å². The van der Waals surface area contributed by atoms with Crippen LogP contribution in [0, 0.1) is 6.92 Å². The molecule has 0 saturated carbocycles. The summed E-state index contributed by atoms with van der Waals surface area (Å²) in [6, 6.07) is 5.26. The van der Waals surface area contributed by atoms with Crippen LogP contribution in [0.5, 0.6) is 0 Å². The van der Waals surface area contributed by atoms with Crippen LogP contribution in [0.15, 0.2) is 35.2 Å². The lowest BCUT2D eigenvalue weighted by Gasteiger charge is -2.25. The summed E-state index contributed by atoms with van der Waals surface area (Å²) in [4.78, 5) is 37.1. The number of aldehydes is 1. The molecule has 1 aliphatic heterocycles. The second kappa shape index (κ2) is 8.08. The van der Waals surface area contributed by atoms with Gasteiger partial charge in [-0.1, -0.05) is 12.1 Å². The number of ether oxygens (including phenoxy) is 1. The second-order valence-electron chi connectivity index (χ2n) is 5.11. The Hall–Kier alpha value is -1.92. The first-order valence-corrected chi connectivity index (χ1v) is 8.37. The number of imide groups is 1. The second-order valence-corrected chi connectivity index (χ2v) is 6.17. The van der Waals surface area contributed by atoms with Crippen LogP contribution in [-0.2, 0) is 14.3 Å². The third-order valence-electron chi connectivity index (χ3n) is 3.56. The smallest absolute Gasteiger partial charge is 0.253 e. The molecule has 0 aliphatic carbocycles. The number of hydrogen-bond acceptors (Lipinski definition) is 5. The van der Waals surface area contributed by atoms with E-state index in [9.17, 15) is 14.4 Å². The van der Waals surface area contributed by atoms with Crippen molar-refractivity contribution < 1.29 is 19.1 Å². The van der Waals surface area contributed by atoms with E-state index in [0.29, 0.717) is 17.9 Å². The molecular formula is C17H19NO4S. The fourth-order valence-corrected chi connectivity index (χ4v) is 3.50. The first-order valence-electron chi connectivity index (χ1n) is 7.39. The standard InChI is InChI=1S/C17H19NO4S/c1-3-22-10-13(18-16(20)7-8-17(18)21)11-23-15-6-4-5-12(2)14(15)9-19/h4-9,13H,3,10-11H2,1-2H3. The van der Waals surface area contributed by atoms with E-state index < -0.39 is 0 Å². The normalized spacial score (nSPS) is 15.3. The Kier molecular flexibility index (Phi) is 6.12. The maximum atomic E-state index is 11.9. The summed E-state index contributed by atoms with van der Waals surface area (Å²) < 4.78 is 5.42. The number of rotatable bonds is 8. The third kappa shape index (κ3) is 4.09. The molecule has 1 aromatic carbocycles. The Balaban J connectivity index is 2.13. The summed E-state index contributed by atoms with van der Waals surface area (Å²) in [5.74, 6) is -0.163. The number of nitrogens with zero attached hydrogens (tertiary/aromatic N) is 1. The molecule has 1 aromatic rings. The lowest BCUT2D eigenvalue weighted by molar-refractivity contribution is -0.140. The van der Waals surface area contributed by atoms with Gasteiger partial charge >= 0.3 is 0 Å². The molecule has 23 heavy (non-hydrogen) atoms. The number of hydrogen-bond donors (Lipinski definition) is 0. The van der Waals surface area contributed by atoms with Gasteiger partial charge in [0.2, 0.25) is 0 Å². The van der Waals surface area contributed by atoms with Crippen LogP contribution in [0.4, 0.5) is 0 Å². The van der Waals surface area contributed by atoms with Gasteiger partial charge in [0.15, 0.2) is 6.29 Å². The van der Waals surface area contributed by atoms with Crippen molar-refractivity contribution in [2.24, 2.45) is 0 Å². The van der Waals surface area contributed by atoms with Gasteiger partial charge in [-0.05, 0) is 25.5 Å². The molecule has 0 aromatic heterocycles. The molecule has 0 radical (unpaired) electrons. The predicted octanol–water partition coefficient (Wildman–Crippen LogP) is 2.23. The van der Waals surface area contributed by atoms with E-state index in [1.165, 1.54) is 28.8 Å². The van der Waals surface area contributed by atoms with Gasteiger partial charge in [-0.15, -0.1) is 11.8 Å². The Morgan fingerprint density at radius 3 is 2.57 bits per heavy atom. The zero-order valence-electron chi connectivity index (χ0n) is 13.2. The molecule has 0 bridgehead atoms. The molecular weight excluding hydrogens is 314 g/mol. The van der Waals surface area contributed by atoms with Crippen molar-refractivity contribution in [3.63, 3.8) is 0 Å². The van der Waals surface area contributed by atoms with Crippen molar-refractivity contribution in [2.45, 2.75) is 24.8 Å². The lowest BCUT2D eigenvalue weighted by atomic mass is 10.1. The highest BCUT2D eigenvalue weighted by Gasteiger charge is 2.31. The number of amides is 2. The molecule has 0 N–H and O–H groups in total.